The Morgan fingerprint density at radius 2 is 1.66 bits per heavy atom. The number of nitrogens with one attached hydrogen (secondary N) is 1. The van der Waals surface area contributed by atoms with Gasteiger partial charge < -0.3 is 14.8 Å². The number of amides is 1. The third-order valence-corrected chi connectivity index (χ3v) is 5.41. The first-order valence-corrected chi connectivity index (χ1v) is 10.3. The second-order valence-corrected chi connectivity index (χ2v) is 8.60. The van der Waals surface area contributed by atoms with Crippen LogP contribution in [0.2, 0.25) is 0 Å². The summed E-state index contributed by atoms with van der Waals surface area (Å²) in [6.07, 6.45) is 0. The van der Waals surface area contributed by atoms with E-state index >= 15 is 0 Å². The molecular weight excluding hydrogens is 384 g/mol. The van der Waals surface area contributed by atoms with E-state index in [1.165, 1.54) is 0 Å². The molecule has 0 aliphatic rings. The number of ether oxygens (including phenoxy) is 2. The van der Waals surface area contributed by atoms with Crippen molar-refractivity contribution in [2.45, 2.75) is 27.3 Å². The molecule has 152 valence electrons. The fourth-order valence-electron chi connectivity index (χ4n) is 2.75. The summed E-state index contributed by atoms with van der Waals surface area (Å²) in [7, 11) is 3.25. The quantitative estimate of drug-likeness (QED) is 0.610. The summed E-state index contributed by atoms with van der Waals surface area (Å²) in [5.41, 5.74) is 3.59. The maximum atomic E-state index is 12.0. The van der Waals surface area contributed by atoms with Crippen LogP contribution in [0.3, 0.4) is 0 Å². The molecule has 0 aliphatic carbocycles. The Balaban J connectivity index is 1.73. The molecule has 0 bridgehead atoms. The number of rotatable bonds is 6. The largest absolute Gasteiger partial charge is 0.493 e. The Morgan fingerprint density at radius 3 is 2.28 bits per heavy atom. The molecule has 0 saturated carbocycles. The monoisotopic (exact) mass is 410 g/mol. The average molecular weight is 411 g/mol. The zero-order valence-electron chi connectivity index (χ0n) is 17.4. The zero-order valence-corrected chi connectivity index (χ0v) is 18.2. The van der Waals surface area contributed by atoms with Gasteiger partial charge in [-0.15, -0.1) is 11.3 Å². The number of methoxy groups -OCH3 is 2. The molecule has 1 aromatic heterocycles. The third kappa shape index (κ3) is 4.95. The van der Waals surface area contributed by atoms with Gasteiger partial charge in [0.1, 0.15) is 5.01 Å². The molecule has 0 fully saturated rings. The Labute approximate surface area is 175 Å². The predicted octanol–water partition coefficient (Wildman–Crippen LogP) is 5.16. The molecule has 0 unspecified atom stereocenters. The van der Waals surface area contributed by atoms with Crippen molar-refractivity contribution in [3.8, 4) is 33.3 Å². The van der Waals surface area contributed by atoms with E-state index in [-0.39, 0.29) is 11.3 Å². The maximum Gasteiger partial charge on any atom is 0.225 e. The summed E-state index contributed by atoms with van der Waals surface area (Å²) < 4.78 is 10.7. The molecule has 0 saturated heterocycles. The SMILES string of the molecule is COc1ccc(-c2csc(-c3ccc(CNC(=O)C(C)(C)C)cc3)n2)cc1OC. The summed E-state index contributed by atoms with van der Waals surface area (Å²) >= 11 is 1.60. The molecule has 0 radical (unpaired) electrons. The van der Waals surface area contributed by atoms with Crippen molar-refractivity contribution in [3.63, 3.8) is 0 Å². The van der Waals surface area contributed by atoms with Gasteiger partial charge in [-0.1, -0.05) is 45.0 Å². The molecule has 1 heterocycles. The predicted molar refractivity (Wildman–Crippen MR) is 117 cm³/mol. The van der Waals surface area contributed by atoms with Crippen LogP contribution >= 0.6 is 11.3 Å². The standard InChI is InChI=1S/C23H26N2O3S/c1-23(2,3)22(26)24-13-15-6-8-16(9-7-15)21-25-18(14-29-21)17-10-11-19(27-4)20(12-17)28-5/h6-12,14H,13H2,1-5H3,(H,24,26). The Kier molecular flexibility index (Phi) is 6.23. The van der Waals surface area contributed by atoms with Crippen LogP contribution in [0, 0.1) is 5.41 Å². The van der Waals surface area contributed by atoms with E-state index in [0.717, 1.165) is 27.4 Å². The van der Waals surface area contributed by atoms with Crippen molar-refractivity contribution in [1.29, 1.82) is 0 Å². The molecule has 1 N–H and O–H groups in total. The van der Waals surface area contributed by atoms with E-state index in [4.69, 9.17) is 14.5 Å². The topological polar surface area (TPSA) is 60.5 Å². The third-order valence-electron chi connectivity index (χ3n) is 4.52. The van der Waals surface area contributed by atoms with Gasteiger partial charge in [-0.2, -0.15) is 0 Å². The number of thiazole rings is 1. The van der Waals surface area contributed by atoms with E-state index in [1.807, 2.05) is 68.6 Å². The molecule has 1 amide bonds. The number of aromatic nitrogens is 1. The highest BCUT2D eigenvalue weighted by atomic mass is 32.1. The number of nitrogens with zero attached hydrogens (tertiary/aromatic N) is 1. The molecule has 3 rings (SSSR count). The van der Waals surface area contributed by atoms with Gasteiger partial charge in [0.2, 0.25) is 5.91 Å². The van der Waals surface area contributed by atoms with Crippen LogP contribution in [0.1, 0.15) is 26.3 Å². The van der Waals surface area contributed by atoms with E-state index in [1.54, 1.807) is 25.6 Å². The lowest BCUT2D eigenvalue weighted by atomic mass is 9.95. The molecule has 0 atom stereocenters. The number of benzene rings is 2. The van der Waals surface area contributed by atoms with Gasteiger partial charge in [-0.05, 0) is 23.8 Å². The van der Waals surface area contributed by atoms with Crippen LogP contribution in [0.4, 0.5) is 0 Å². The fourth-order valence-corrected chi connectivity index (χ4v) is 3.58. The van der Waals surface area contributed by atoms with Crippen molar-refractivity contribution in [3.05, 3.63) is 53.4 Å². The highest BCUT2D eigenvalue weighted by molar-refractivity contribution is 7.13. The molecule has 2 aromatic carbocycles. The summed E-state index contributed by atoms with van der Waals surface area (Å²) in [6, 6.07) is 13.9. The first kappa shape index (κ1) is 20.9. The molecular formula is C23H26N2O3S. The summed E-state index contributed by atoms with van der Waals surface area (Å²) in [5.74, 6) is 1.42. The Bertz CT molecular complexity index is 988. The van der Waals surface area contributed by atoms with Crippen molar-refractivity contribution >= 4 is 17.2 Å². The van der Waals surface area contributed by atoms with E-state index in [0.29, 0.717) is 18.0 Å². The molecule has 3 aromatic rings. The van der Waals surface area contributed by atoms with Crippen molar-refractivity contribution < 1.29 is 14.3 Å². The molecule has 0 spiro atoms. The first-order chi connectivity index (χ1) is 13.8. The molecule has 6 heteroatoms. The number of hydrogen-bond acceptors (Lipinski definition) is 5. The van der Waals surface area contributed by atoms with Crippen LogP contribution in [-0.4, -0.2) is 25.1 Å². The minimum atomic E-state index is -0.388. The first-order valence-electron chi connectivity index (χ1n) is 9.37. The Hall–Kier alpha value is -2.86. The van der Waals surface area contributed by atoms with Crippen LogP contribution in [0.5, 0.6) is 11.5 Å². The fraction of sp³-hybridized carbons (Fsp3) is 0.304. The normalized spacial score (nSPS) is 11.2. The minimum absolute atomic E-state index is 0.0426. The van der Waals surface area contributed by atoms with E-state index < -0.39 is 0 Å². The van der Waals surface area contributed by atoms with Gasteiger partial charge in [0.15, 0.2) is 11.5 Å². The summed E-state index contributed by atoms with van der Waals surface area (Å²) in [6.45, 7) is 6.24. The van der Waals surface area contributed by atoms with E-state index in [2.05, 4.69) is 5.32 Å². The second-order valence-electron chi connectivity index (χ2n) is 7.74. The number of carbonyl (C=O) groups is 1. The van der Waals surface area contributed by atoms with Gasteiger partial charge in [0, 0.05) is 28.5 Å². The number of hydrogen-bond donors (Lipinski definition) is 1. The minimum Gasteiger partial charge on any atom is -0.493 e. The van der Waals surface area contributed by atoms with Crippen LogP contribution in [0.15, 0.2) is 47.8 Å². The van der Waals surface area contributed by atoms with Crippen LogP contribution in [-0.2, 0) is 11.3 Å². The highest BCUT2D eigenvalue weighted by Crippen LogP contribution is 2.34. The maximum absolute atomic E-state index is 12.0. The van der Waals surface area contributed by atoms with Crippen molar-refractivity contribution in [2.24, 2.45) is 5.41 Å². The zero-order chi connectivity index (χ0) is 21.0. The summed E-state index contributed by atoms with van der Waals surface area (Å²) in [5, 5.41) is 5.95. The van der Waals surface area contributed by atoms with Crippen LogP contribution < -0.4 is 14.8 Å². The van der Waals surface area contributed by atoms with Gasteiger partial charge in [-0.3, -0.25) is 4.79 Å². The molecule has 0 aliphatic heterocycles. The average Bonchev–Trinajstić information content (AvgIpc) is 3.21. The van der Waals surface area contributed by atoms with Gasteiger partial charge in [0.05, 0.1) is 19.9 Å². The van der Waals surface area contributed by atoms with Crippen molar-refractivity contribution in [1.82, 2.24) is 10.3 Å². The van der Waals surface area contributed by atoms with Gasteiger partial charge in [0.25, 0.3) is 0 Å². The lowest BCUT2D eigenvalue weighted by molar-refractivity contribution is -0.128. The van der Waals surface area contributed by atoms with Gasteiger partial charge >= 0.3 is 0 Å². The van der Waals surface area contributed by atoms with Crippen molar-refractivity contribution in [2.75, 3.05) is 14.2 Å². The van der Waals surface area contributed by atoms with E-state index in [9.17, 15) is 4.79 Å². The highest BCUT2D eigenvalue weighted by Gasteiger charge is 2.20. The Morgan fingerprint density at radius 1 is 1.00 bits per heavy atom. The van der Waals surface area contributed by atoms with Gasteiger partial charge in [-0.25, -0.2) is 4.98 Å². The second kappa shape index (κ2) is 8.66. The lowest BCUT2D eigenvalue weighted by Crippen LogP contribution is -2.34. The number of carbonyl (C=O) groups excluding carboxylic acids is 1. The van der Waals surface area contributed by atoms with Crippen LogP contribution in [0.25, 0.3) is 21.8 Å². The smallest absolute Gasteiger partial charge is 0.225 e. The lowest BCUT2D eigenvalue weighted by Gasteiger charge is -2.17. The molecule has 5 nitrogen and oxygen atoms in total. The summed E-state index contributed by atoms with van der Waals surface area (Å²) in [4.78, 5) is 16.8. The molecule has 29 heavy (non-hydrogen) atoms.